The Kier molecular flexibility index (Phi) is 10.0. The van der Waals surface area contributed by atoms with Gasteiger partial charge in [-0.2, -0.15) is 0 Å². The van der Waals surface area contributed by atoms with E-state index in [0.717, 1.165) is 50.7 Å². The second-order valence-electron chi connectivity index (χ2n) is 18.3. The minimum Gasteiger partial charge on any atom is -0.394 e. The Morgan fingerprint density at radius 3 is 2.31 bits per heavy atom. The van der Waals surface area contributed by atoms with Gasteiger partial charge in [0.25, 0.3) is 0 Å². The first-order valence-corrected chi connectivity index (χ1v) is 19.9. The molecule has 0 aromatic rings. The molecule has 22 atom stereocenters. The van der Waals surface area contributed by atoms with Gasteiger partial charge in [-0.3, -0.25) is 0 Å². The summed E-state index contributed by atoms with van der Waals surface area (Å²) in [5.41, 5.74) is 0.762. The van der Waals surface area contributed by atoms with Gasteiger partial charge in [0.05, 0.1) is 37.6 Å². The Bertz CT molecular complexity index is 1340. The lowest BCUT2D eigenvalue weighted by molar-refractivity contribution is -0.374. The van der Waals surface area contributed by atoms with E-state index in [9.17, 15) is 35.7 Å². The summed E-state index contributed by atoms with van der Waals surface area (Å²) in [5.74, 6) is 1.86. The topological polar surface area (TPSA) is 197 Å². The zero-order chi connectivity index (χ0) is 37.1. The van der Waals surface area contributed by atoms with Crippen molar-refractivity contribution in [2.24, 2.45) is 46.3 Å². The summed E-state index contributed by atoms with van der Waals surface area (Å²) in [6, 6.07) is 0. The van der Waals surface area contributed by atoms with Crippen molar-refractivity contribution in [3.8, 4) is 0 Å². The van der Waals surface area contributed by atoms with Crippen molar-refractivity contribution in [2.75, 3.05) is 13.2 Å². The summed E-state index contributed by atoms with van der Waals surface area (Å²) in [4.78, 5) is 0. The minimum absolute atomic E-state index is 0.101. The maximum absolute atomic E-state index is 11.3. The fourth-order valence-corrected chi connectivity index (χ4v) is 12.6. The van der Waals surface area contributed by atoms with E-state index in [1.165, 1.54) is 6.92 Å². The van der Waals surface area contributed by atoms with Gasteiger partial charge in [0.1, 0.15) is 42.7 Å². The number of rotatable bonds is 5. The zero-order valence-electron chi connectivity index (χ0n) is 31.2. The van der Waals surface area contributed by atoms with Crippen LogP contribution in [0.5, 0.6) is 0 Å². The van der Waals surface area contributed by atoms with Gasteiger partial charge in [-0.1, -0.05) is 39.3 Å². The Hall–Kier alpha value is -0.780. The largest absolute Gasteiger partial charge is 0.394 e. The maximum atomic E-state index is 11.3. The molecule has 52 heavy (non-hydrogen) atoms. The van der Waals surface area contributed by atoms with Gasteiger partial charge in [-0.05, 0) is 80.5 Å². The zero-order valence-corrected chi connectivity index (χ0v) is 31.2. The molecule has 13 heteroatoms. The molecular weight excluding hydrogens is 676 g/mol. The first-order valence-electron chi connectivity index (χ1n) is 19.9. The van der Waals surface area contributed by atoms with Crippen LogP contribution in [-0.4, -0.2) is 134 Å². The van der Waals surface area contributed by atoms with Crippen LogP contribution in [0.3, 0.4) is 0 Å². The number of hydrogen-bond acceptors (Lipinski definition) is 13. The fourth-order valence-electron chi connectivity index (χ4n) is 12.6. The summed E-state index contributed by atoms with van der Waals surface area (Å²) < 4.78 is 38.2. The molecule has 8 rings (SSSR count). The van der Waals surface area contributed by atoms with Gasteiger partial charge >= 0.3 is 0 Å². The second kappa shape index (κ2) is 13.7. The van der Waals surface area contributed by atoms with E-state index in [1.807, 2.05) is 0 Å². The van der Waals surface area contributed by atoms with Gasteiger partial charge in [-0.25, -0.2) is 0 Å². The van der Waals surface area contributed by atoms with E-state index < -0.39 is 91.4 Å². The number of allylic oxidation sites excluding steroid dienone is 1. The molecule has 0 aromatic carbocycles. The molecular formula is C39H62O13. The molecule has 296 valence electrons. The number of hydrogen-bond donors (Lipinski definition) is 7. The number of aliphatic hydroxyl groups excluding tert-OH is 7. The highest BCUT2D eigenvalue weighted by Gasteiger charge is 2.69. The molecule has 0 amide bonds. The first kappa shape index (κ1) is 38.1. The molecule has 7 N–H and O–H groups in total. The molecule has 4 heterocycles. The molecule has 4 aliphatic heterocycles. The Morgan fingerprint density at radius 1 is 0.827 bits per heavy atom. The standard InChI is InChI=1S/C39H62O13/c1-17-8-11-39(47-16-17)18(2)28-25(52-39)14-24-22-7-6-20-12-21(41)13-27(38(20,5)23(22)9-10-37(24,28)4)50-36-34(32(45)30(43)26(15-40)49-36)51-35-33(46)31(44)29(42)19(3)48-35/h6,17-19,21-36,40-46H,7-16H2,1-5H3/t17-,18-,19?,21?,22?,23?,24?,25?,26?,27?,28?,29-,30-,31?,32?,33?,34?,35-,36-,37-,38-,39+/m0/s1. The van der Waals surface area contributed by atoms with Gasteiger partial charge < -0.3 is 64.2 Å². The van der Waals surface area contributed by atoms with Crippen molar-refractivity contribution >= 4 is 0 Å². The highest BCUT2D eigenvalue weighted by atomic mass is 16.8. The predicted molar refractivity (Wildman–Crippen MR) is 183 cm³/mol. The van der Waals surface area contributed by atoms with E-state index in [-0.39, 0.29) is 17.4 Å². The molecule has 0 radical (unpaired) electrons. The first-order chi connectivity index (χ1) is 24.6. The van der Waals surface area contributed by atoms with Crippen molar-refractivity contribution in [3.63, 3.8) is 0 Å². The van der Waals surface area contributed by atoms with E-state index >= 15 is 0 Å². The van der Waals surface area contributed by atoms with E-state index in [2.05, 4.69) is 33.8 Å². The summed E-state index contributed by atoms with van der Waals surface area (Å²) in [7, 11) is 0. The van der Waals surface area contributed by atoms with Crippen molar-refractivity contribution in [2.45, 2.75) is 171 Å². The predicted octanol–water partition coefficient (Wildman–Crippen LogP) is 1.36. The molecule has 8 aliphatic rings. The summed E-state index contributed by atoms with van der Waals surface area (Å²) >= 11 is 0. The van der Waals surface area contributed by atoms with Crippen molar-refractivity contribution in [1.29, 1.82) is 0 Å². The quantitative estimate of drug-likeness (QED) is 0.200. The van der Waals surface area contributed by atoms with E-state index in [4.69, 9.17) is 28.4 Å². The van der Waals surface area contributed by atoms with Gasteiger partial charge in [0.2, 0.25) is 0 Å². The van der Waals surface area contributed by atoms with Crippen molar-refractivity contribution < 1.29 is 64.2 Å². The molecule has 0 bridgehead atoms. The third-order valence-electron chi connectivity index (χ3n) is 15.6. The normalized spacial score (nSPS) is 58.9. The van der Waals surface area contributed by atoms with Crippen LogP contribution < -0.4 is 0 Å². The summed E-state index contributed by atoms with van der Waals surface area (Å²) in [6.45, 7) is 11.0. The lowest BCUT2D eigenvalue weighted by Gasteiger charge is -2.60. The summed E-state index contributed by atoms with van der Waals surface area (Å²) in [5, 5.41) is 74.9. The average Bonchev–Trinajstić information content (AvgIpc) is 3.56. The van der Waals surface area contributed by atoms with Crippen LogP contribution in [0.1, 0.15) is 86.0 Å². The van der Waals surface area contributed by atoms with Gasteiger partial charge in [0.15, 0.2) is 18.4 Å². The van der Waals surface area contributed by atoms with Crippen LogP contribution in [-0.2, 0) is 28.4 Å². The smallest absolute Gasteiger partial charge is 0.187 e. The van der Waals surface area contributed by atoms with Crippen molar-refractivity contribution in [1.82, 2.24) is 0 Å². The monoisotopic (exact) mass is 738 g/mol. The summed E-state index contributed by atoms with van der Waals surface area (Å²) in [6.07, 6.45) is -5.95. The molecule has 3 saturated carbocycles. The van der Waals surface area contributed by atoms with Gasteiger partial charge in [0, 0.05) is 24.2 Å². The lowest BCUT2D eigenvalue weighted by Crippen LogP contribution is -2.65. The van der Waals surface area contributed by atoms with E-state index in [1.54, 1.807) is 0 Å². The van der Waals surface area contributed by atoms with Gasteiger partial charge in [-0.15, -0.1) is 0 Å². The Balaban J connectivity index is 1.06. The highest BCUT2D eigenvalue weighted by molar-refractivity contribution is 5.29. The van der Waals surface area contributed by atoms with Crippen LogP contribution in [0.2, 0.25) is 0 Å². The lowest BCUT2D eigenvalue weighted by atomic mass is 9.46. The highest BCUT2D eigenvalue weighted by Crippen LogP contribution is 2.71. The van der Waals surface area contributed by atoms with Crippen LogP contribution in [0.15, 0.2) is 11.6 Å². The third-order valence-corrected chi connectivity index (χ3v) is 15.6. The number of fused-ring (bicyclic) bond motifs is 7. The van der Waals surface area contributed by atoms with Crippen LogP contribution >= 0.6 is 0 Å². The molecule has 13 nitrogen and oxygen atoms in total. The fraction of sp³-hybridized carbons (Fsp3) is 0.949. The van der Waals surface area contributed by atoms with Crippen molar-refractivity contribution in [3.05, 3.63) is 11.6 Å². The number of ether oxygens (including phenoxy) is 6. The third kappa shape index (κ3) is 5.74. The van der Waals surface area contributed by atoms with Crippen LogP contribution in [0.4, 0.5) is 0 Å². The molecule has 1 spiro atoms. The Labute approximate surface area is 306 Å². The molecule has 4 saturated heterocycles. The Morgan fingerprint density at radius 2 is 1.60 bits per heavy atom. The molecule has 7 fully saturated rings. The van der Waals surface area contributed by atoms with E-state index in [0.29, 0.717) is 42.4 Å². The van der Waals surface area contributed by atoms with Crippen LogP contribution in [0, 0.1) is 46.3 Å². The molecule has 13 unspecified atom stereocenters. The molecule has 4 aliphatic carbocycles. The van der Waals surface area contributed by atoms with Crippen LogP contribution in [0.25, 0.3) is 0 Å². The molecule has 0 aromatic heterocycles. The maximum Gasteiger partial charge on any atom is 0.187 e. The minimum atomic E-state index is -1.66. The SMILES string of the molecule is CC1O[C@@H](OC2C(O)[C@@H](O)C(CO)O[C@H]2OC2CC(O)CC3=CCC4C5CC6O[C@]7(CC[C@H](C)CO7)[C@@H](C)C6[C@@]5(C)CCC4[C@]32C)C(O)C(O)[C@H]1O. The average molecular weight is 739 g/mol. The number of aliphatic hydroxyl groups is 7. The second-order valence-corrected chi connectivity index (χ2v) is 18.3.